The second-order valence-electron chi connectivity index (χ2n) is 9.11. The zero-order valence-corrected chi connectivity index (χ0v) is 20.6. The maximum atomic E-state index is 13.1. The number of imidazole rings is 2. The molecule has 0 bridgehead atoms. The topological polar surface area (TPSA) is 120 Å². The predicted molar refractivity (Wildman–Crippen MR) is 136 cm³/mol. The van der Waals surface area contributed by atoms with Crippen LogP contribution in [0.25, 0.3) is 32.6 Å². The number of carbonyl (C=O) groups excluding carboxylic acids is 1. The molecule has 35 heavy (non-hydrogen) atoms. The third kappa shape index (κ3) is 4.24. The van der Waals surface area contributed by atoms with Gasteiger partial charge in [0.25, 0.3) is 5.91 Å². The standard InChI is InChI=1S/C24H25N7O3S/c1-24(2,34)7-10-31-17-12-19-18(29(3)23(33)30(19)4)11-15(17)27-22(31)28-20(32)16-13-35-21(26-16)14-5-8-25-9-6-14/h5-6,8-9,11-13,34H,7,10H2,1-4H3,(H,27,28,32). The number of aliphatic hydroxyl groups is 1. The number of nitrogens with zero attached hydrogens (tertiary/aromatic N) is 6. The summed E-state index contributed by atoms with van der Waals surface area (Å²) in [6.45, 7) is 3.89. The van der Waals surface area contributed by atoms with Gasteiger partial charge in [0.2, 0.25) is 5.95 Å². The average Bonchev–Trinajstić information content (AvgIpc) is 3.50. The Morgan fingerprint density at radius 2 is 1.77 bits per heavy atom. The van der Waals surface area contributed by atoms with Crippen molar-refractivity contribution in [2.45, 2.75) is 32.4 Å². The van der Waals surface area contributed by atoms with Gasteiger partial charge in [-0.3, -0.25) is 24.2 Å². The van der Waals surface area contributed by atoms with E-state index in [-0.39, 0.29) is 17.3 Å². The first-order valence-electron chi connectivity index (χ1n) is 11.1. The molecule has 5 rings (SSSR count). The predicted octanol–water partition coefficient (Wildman–Crippen LogP) is 3.16. The number of carbonyl (C=O) groups is 1. The van der Waals surface area contributed by atoms with Crippen LogP contribution in [0.5, 0.6) is 0 Å². The van der Waals surface area contributed by atoms with Gasteiger partial charge in [-0.25, -0.2) is 14.8 Å². The van der Waals surface area contributed by atoms with Crippen LogP contribution < -0.4 is 11.0 Å². The average molecular weight is 492 g/mol. The maximum absolute atomic E-state index is 13.1. The van der Waals surface area contributed by atoms with Crippen molar-refractivity contribution >= 4 is 45.3 Å². The van der Waals surface area contributed by atoms with E-state index in [1.165, 1.54) is 11.3 Å². The van der Waals surface area contributed by atoms with Gasteiger partial charge in [-0.1, -0.05) is 0 Å². The summed E-state index contributed by atoms with van der Waals surface area (Å²) in [5.74, 6) is -0.0219. The number of amides is 1. The summed E-state index contributed by atoms with van der Waals surface area (Å²) in [6.07, 6.45) is 3.80. The quantitative estimate of drug-likeness (QED) is 0.377. The fourth-order valence-electron chi connectivity index (χ4n) is 4.00. The molecule has 0 saturated carbocycles. The fourth-order valence-corrected chi connectivity index (χ4v) is 4.80. The van der Waals surface area contributed by atoms with Gasteiger partial charge in [-0.15, -0.1) is 11.3 Å². The van der Waals surface area contributed by atoms with Gasteiger partial charge in [0.15, 0.2) is 0 Å². The highest BCUT2D eigenvalue weighted by Crippen LogP contribution is 2.28. The number of anilines is 1. The van der Waals surface area contributed by atoms with Crippen molar-refractivity contribution < 1.29 is 9.90 Å². The molecule has 180 valence electrons. The summed E-state index contributed by atoms with van der Waals surface area (Å²) in [6, 6.07) is 7.42. The van der Waals surface area contributed by atoms with Crippen molar-refractivity contribution in [3.63, 3.8) is 0 Å². The third-order valence-corrected chi connectivity index (χ3v) is 6.87. The van der Waals surface area contributed by atoms with E-state index in [0.717, 1.165) is 27.1 Å². The molecule has 0 unspecified atom stereocenters. The summed E-state index contributed by atoms with van der Waals surface area (Å²) in [4.78, 5) is 38.7. The van der Waals surface area contributed by atoms with Gasteiger partial charge in [0, 0.05) is 44.0 Å². The van der Waals surface area contributed by atoms with Gasteiger partial charge < -0.3 is 9.67 Å². The van der Waals surface area contributed by atoms with E-state index in [0.29, 0.717) is 24.4 Å². The van der Waals surface area contributed by atoms with E-state index in [1.54, 1.807) is 54.9 Å². The zero-order chi connectivity index (χ0) is 24.9. The molecule has 4 aromatic heterocycles. The van der Waals surface area contributed by atoms with Crippen LogP contribution in [0.4, 0.5) is 5.95 Å². The van der Waals surface area contributed by atoms with E-state index < -0.39 is 5.60 Å². The lowest BCUT2D eigenvalue weighted by Crippen LogP contribution is -2.22. The monoisotopic (exact) mass is 491 g/mol. The van der Waals surface area contributed by atoms with Crippen LogP contribution in [0.1, 0.15) is 30.8 Å². The largest absolute Gasteiger partial charge is 0.390 e. The Kier molecular flexibility index (Phi) is 5.53. The highest BCUT2D eigenvalue weighted by Gasteiger charge is 2.21. The molecule has 0 aliphatic carbocycles. The van der Waals surface area contributed by atoms with Gasteiger partial charge in [-0.2, -0.15) is 0 Å². The molecule has 0 atom stereocenters. The van der Waals surface area contributed by atoms with Crippen LogP contribution in [0.2, 0.25) is 0 Å². The molecule has 10 nitrogen and oxygen atoms in total. The van der Waals surface area contributed by atoms with E-state index >= 15 is 0 Å². The van der Waals surface area contributed by atoms with Crippen molar-refractivity contribution in [2.24, 2.45) is 14.1 Å². The van der Waals surface area contributed by atoms with Crippen LogP contribution >= 0.6 is 11.3 Å². The summed E-state index contributed by atoms with van der Waals surface area (Å²) < 4.78 is 5.01. The summed E-state index contributed by atoms with van der Waals surface area (Å²) in [5, 5.41) is 15.6. The highest BCUT2D eigenvalue weighted by atomic mass is 32.1. The SMILES string of the molecule is Cn1c(=O)n(C)c2cc3c(cc21)nc(NC(=O)c1csc(-c2ccncc2)n1)n3CCC(C)(C)O. The zero-order valence-electron chi connectivity index (χ0n) is 19.8. The van der Waals surface area contributed by atoms with Gasteiger partial charge >= 0.3 is 5.69 Å². The number of hydrogen-bond donors (Lipinski definition) is 2. The normalized spacial score (nSPS) is 12.0. The van der Waals surface area contributed by atoms with Gasteiger partial charge in [0.1, 0.15) is 10.7 Å². The number of thiazole rings is 1. The Bertz CT molecular complexity index is 1620. The molecule has 0 fully saturated rings. The Labute approximate surface area is 204 Å². The van der Waals surface area contributed by atoms with Crippen LogP contribution in [0.15, 0.2) is 46.8 Å². The number of nitrogens with one attached hydrogen (secondary N) is 1. The number of aromatic nitrogens is 6. The smallest absolute Gasteiger partial charge is 0.328 e. The number of benzene rings is 1. The molecule has 5 aromatic rings. The summed E-state index contributed by atoms with van der Waals surface area (Å²) >= 11 is 1.38. The number of rotatable bonds is 6. The highest BCUT2D eigenvalue weighted by molar-refractivity contribution is 7.13. The molecular weight excluding hydrogens is 466 g/mol. The Morgan fingerprint density at radius 1 is 1.09 bits per heavy atom. The first kappa shape index (κ1) is 22.9. The minimum atomic E-state index is -0.907. The second-order valence-corrected chi connectivity index (χ2v) is 9.97. The number of hydrogen-bond acceptors (Lipinski definition) is 7. The first-order valence-corrected chi connectivity index (χ1v) is 12.0. The van der Waals surface area contributed by atoms with E-state index in [9.17, 15) is 14.7 Å². The molecule has 4 heterocycles. The molecule has 1 amide bonds. The number of fused-ring (bicyclic) bond motifs is 2. The van der Waals surface area contributed by atoms with Crippen LogP contribution in [-0.2, 0) is 20.6 Å². The molecule has 2 N–H and O–H groups in total. The van der Waals surface area contributed by atoms with Crippen molar-refractivity contribution in [3.05, 3.63) is 58.2 Å². The summed E-state index contributed by atoms with van der Waals surface area (Å²) in [7, 11) is 3.44. The van der Waals surface area contributed by atoms with Gasteiger partial charge in [-0.05, 0) is 44.5 Å². The summed E-state index contributed by atoms with van der Waals surface area (Å²) in [5.41, 5.74) is 3.04. The number of aryl methyl sites for hydroxylation is 3. The minimum Gasteiger partial charge on any atom is -0.390 e. The third-order valence-electron chi connectivity index (χ3n) is 5.98. The lowest BCUT2D eigenvalue weighted by atomic mass is 10.1. The molecule has 1 aromatic carbocycles. The molecular formula is C24H25N7O3S. The minimum absolute atomic E-state index is 0.127. The van der Waals surface area contributed by atoms with E-state index in [1.807, 2.05) is 28.8 Å². The maximum Gasteiger partial charge on any atom is 0.328 e. The molecule has 0 aliphatic heterocycles. The molecule has 0 saturated heterocycles. The molecule has 11 heteroatoms. The fraction of sp³-hybridized carbons (Fsp3) is 0.292. The van der Waals surface area contributed by atoms with Crippen molar-refractivity contribution in [2.75, 3.05) is 5.32 Å². The second kappa shape index (κ2) is 8.43. The first-order chi connectivity index (χ1) is 16.6. The Balaban J connectivity index is 1.55. The molecule has 0 spiro atoms. The van der Waals surface area contributed by atoms with Crippen LogP contribution in [0.3, 0.4) is 0 Å². The molecule has 0 radical (unpaired) electrons. The molecule has 0 aliphatic rings. The lowest BCUT2D eigenvalue weighted by molar-refractivity contribution is 0.0667. The Hall–Kier alpha value is -3.83. The lowest BCUT2D eigenvalue weighted by Gasteiger charge is -2.18. The van der Waals surface area contributed by atoms with Gasteiger partial charge in [0.05, 0.1) is 27.7 Å². The van der Waals surface area contributed by atoms with Crippen molar-refractivity contribution in [1.82, 2.24) is 28.7 Å². The van der Waals surface area contributed by atoms with Crippen LogP contribution in [-0.4, -0.2) is 45.3 Å². The van der Waals surface area contributed by atoms with E-state index in [4.69, 9.17) is 0 Å². The van der Waals surface area contributed by atoms with Crippen LogP contribution in [0, 0.1) is 0 Å². The number of pyridine rings is 1. The van der Waals surface area contributed by atoms with Crippen molar-refractivity contribution in [1.29, 1.82) is 0 Å². The van der Waals surface area contributed by atoms with Crippen molar-refractivity contribution in [3.8, 4) is 10.6 Å². The van der Waals surface area contributed by atoms with E-state index in [2.05, 4.69) is 20.3 Å². The Morgan fingerprint density at radius 3 is 2.46 bits per heavy atom.